The molecule has 1 unspecified atom stereocenters. The normalized spacial score (nSPS) is 14.6. The van der Waals surface area contributed by atoms with Crippen molar-refractivity contribution in [2.75, 3.05) is 0 Å². The number of benzene rings is 1. The number of hydrogen-bond donors (Lipinski definition) is 1. The van der Waals surface area contributed by atoms with Gasteiger partial charge in [0, 0.05) is 5.02 Å². The van der Waals surface area contributed by atoms with E-state index in [4.69, 9.17) is 11.6 Å². The van der Waals surface area contributed by atoms with Crippen LogP contribution in [0.2, 0.25) is 5.02 Å². The Morgan fingerprint density at radius 3 is 2.12 bits per heavy atom. The molecule has 0 aliphatic carbocycles. The molecule has 96 valence electrons. The zero-order valence-corrected chi connectivity index (χ0v) is 10.2. The molecule has 0 saturated carbocycles. The maximum atomic E-state index is 12.2. The van der Waals surface area contributed by atoms with Crippen LogP contribution in [0.5, 0.6) is 0 Å². The van der Waals surface area contributed by atoms with E-state index >= 15 is 0 Å². The molecule has 0 heterocycles. The first-order valence-electron chi connectivity index (χ1n) is 4.47. The summed E-state index contributed by atoms with van der Waals surface area (Å²) < 4.78 is 61.3. The van der Waals surface area contributed by atoms with E-state index in [9.17, 15) is 21.6 Å². The van der Waals surface area contributed by atoms with Crippen LogP contribution in [0.3, 0.4) is 0 Å². The number of alkyl halides is 3. The number of nitrogens with one attached hydrogen (secondary N) is 1. The molecule has 17 heavy (non-hydrogen) atoms. The van der Waals surface area contributed by atoms with Gasteiger partial charge in [0.15, 0.2) is 0 Å². The number of halogens is 4. The van der Waals surface area contributed by atoms with Crippen molar-refractivity contribution in [2.24, 2.45) is 0 Å². The van der Waals surface area contributed by atoms with E-state index in [2.05, 4.69) is 0 Å². The zero-order valence-electron chi connectivity index (χ0n) is 8.62. The van der Waals surface area contributed by atoms with Gasteiger partial charge in [0.05, 0.1) is 4.90 Å². The lowest BCUT2D eigenvalue weighted by Gasteiger charge is -2.17. The van der Waals surface area contributed by atoms with Gasteiger partial charge in [-0.25, -0.2) is 8.42 Å². The Hall–Kier alpha value is -0.790. The lowest BCUT2D eigenvalue weighted by molar-refractivity contribution is -0.147. The number of rotatable bonds is 3. The average molecular weight is 288 g/mol. The fourth-order valence-corrected chi connectivity index (χ4v) is 2.34. The lowest BCUT2D eigenvalue weighted by Crippen LogP contribution is -2.42. The molecule has 1 aromatic rings. The average Bonchev–Trinajstić information content (AvgIpc) is 2.16. The highest BCUT2D eigenvalue weighted by atomic mass is 35.5. The maximum Gasteiger partial charge on any atom is 0.404 e. The first-order valence-corrected chi connectivity index (χ1v) is 6.33. The van der Waals surface area contributed by atoms with Crippen LogP contribution < -0.4 is 4.72 Å². The molecule has 1 aromatic carbocycles. The van der Waals surface area contributed by atoms with E-state index in [1.165, 1.54) is 16.9 Å². The van der Waals surface area contributed by atoms with Gasteiger partial charge in [0.2, 0.25) is 10.0 Å². The minimum absolute atomic E-state index is 0.266. The fraction of sp³-hybridized carbons (Fsp3) is 0.333. The van der Waals surface area contributed by atoms with Gasteiger partial charge in [-0.2, -0.15) is 17.9 Å². The molecule has 0 aliphatic rings. The van der Waals surface area contributed by atoms with Crippen molar-refractivity contribution in [3.05, 3.63) is 29.3 Å². The van der Waals surface area contributed by atoms with E-state index in [-0.39, 0.29) is 4.90 Å². The summed E-state index contributed by atoms with van der Waals surface area (Å²) in [5.41, 5.74) is 0. The van der Waals surface area contributed by atoms with Crippen LogP contribution in [0.25, 0.3) is 0 Å². The standard InChI is InChI=1S/C9H9ClF3NO2S/c1-6(9(11,12)13)14-17(15,16)8-4-2-7(10)3-5-8/h2-6,14H,1H3. The van der Waals surface area contributed by atoms with E-state index in [0.29, 0.717) is 5.02 Å². The summed E-state index contributed by atoms with van der Waals surface area (Å²) in [6.45, 7) is 0.730. The Labute approximate surface area is 102 Å². The first kappa shape index (κ1) is 14.3. The molecule has 0 aromatic heterocycles. The molecule has 0 aliphatic heterocycles. The van der Waals surface area contributed by atoms with E-state index in [1.54, 1.807) is 0 Å². The molecule has 1 N–H and O–H groups in total. The molecule has 0 amide bonds. The first-order chi connectivity index (χ1) is 7.63. The van der Waals surface area contributed by atoms with Gasteiger partial charge in [0.25, 0.3) is 0 Å². The van der Waals surface area contributed by atoms with Gasteiger partial charge in [-0.05, 0) is 31.2 Å². The summed E-state index contributed by atoms with van der Waals surface area (Å²) >= 11 is 5.54. The second-order valence-corrected chi connectivity index (χ2v) is 5.49. The minimum Gasteiger partial charge on any atom is -0.207 e. The molecule has 3 nitrogen and oxygen atoms in total. The van der Waals surface area contributed by atoms with Gasteiger partial charge in [-0.3, -0.25) is 0 Å². The highest BCUT2D eigenvalue weighted by molar-refractivity contribution is 7.89. The highest BCUT2D eigenvalue weighted by Gasteiger charge is 2.38. The van der Waals surface area contributed by atoms with Crippen molar-refractivity contribution in [1.29, 1.82) is 0 Å². The predicted octanol–water partition coefficient (Wildman–Crippen LogP) is 2.57. The molecule has 0 fully saturated rings. The smallest absolute Gasteiger partial charge is 0.207 e. The van der Waals surface area contributed by atoms with Crippen LogP contribution in [0.4, 0.5) is 13.2 Å². The zero-order chi connectivity index (χ0) is 13.3. The molecule has 1 rings (SSSR count). The third-order valence-corrected chi connectivity index (χ3v) is 3.76. The second-order valence-electron chi connectivity index (χ2n) is 3.34. The van der Waals surface area contributed by atoms with E-state index in [0.717, 1.165) is 19.1 Å². The van der Waals surface area contributed by atoms with Crippen LogP contribution in [0.1, 0.15) is 6.92 Å². The van der Waals surface area contributed by atoms with Gasteiger partial charge in [-0.1, -0.05) is 11.6 Å². The largest absolute Gasteiger partial charge is 0.404 e. The Morgan fingerprint density at radius 2 is 1.71 bits per heavy atom. The third-order valence-electron chi connectivity index (χ3n) is 1.95. The topological polar surface area (TPSA) is 46.2 Å². The molecule has 0 saturated heterocycles. The highest BCUT2D eigenvalue weighted by Crippen LogP contribution is 2.22. The van der Waals surface area contributed by atoms with Crippen molar-refractivity contribution in [3.8, 4) is 0 Å². The van der Waals surface area contributed by atoms with Gasteiger partial charge in [-0.15, -0.1) is 0 Å². The summed E-state index contributed by atoms with van der Waals surface area (Å²) in [5.74, 6) is 0. The summed E-state index contributed by atoms with van der Waals surface area (Å²) in [5, 5.41) is 0.299. The summed E-state index contributed by atoms with van der Waals surface area (Å²) in [7, 11) is -4.19. The monoisotopic (exact) mass is 287 g/mol. The quantitative estimate of drug-likeness (QED) is 0.929. The second kappa shape index (κ2) is 4.83. The van der Waals surface area contributed by atoms with Gasteiger partial charge in [0.1, 0.15) is 6.04 Å². The molecule has 0 radical (unpaired) electrons. The van der Waals surface area contributed by atoms with Crippen molar-refractivity contribution in [1.82, 2.24) is 4.72 Å². The number of hydrogen-bond acceptors (Lipinski definition) is 2. The maximum absolute atomic E-state index is 12.2. The van der Waals surface area contributed by atoms with Crippen molar-refractivity contribution >= 4 is 21.6 Å². The van der Waals surface area contributed by atoms with Crippen LogP contribution in [-0.2, 0) is 10.0 Å². The third kappa shape index (κ3) is 3.86. The van der Waals surface area contributed by atoms with Crippen LogP contribution in [0, 0.1) is 0 Å². The summed E-state index contributed by atoms with van der Waals surface area (Å²) in [6.07, 6.45) is -4.63. The van der Waals surface area contributed by atoms with Crippen molar-refractivity contribution < 1.29 is 21.6 Å². The lowest BCUT2D eigenvalue weighted by atomic mass is 10.4. The Morgan fingerprint density at radius 1 is 1.24 bits per heavy atom. The minimum atomic E-state index is -4.63. The van der Waals surface area contributed by atoms with Crippen LogP contribution in [-0.4, -0.2) is 20.6 Å². The van der Waals surface area contributed by atoms with Crippen molar-refractivity contribution in [2.45, 2.75) is 24.0 Å². The molecule has 0 spiro atoms. The van der Waals surface area contributed by atoms with Gasteiger partial charge >= 0.3 is 6.18 Å². The van der Waals surface area contributed by atoms with Crippen LogP contribution >= 0.6 is 11.6 Å². The predicted molar refractivity (Wildman–Crippen MR) is 57.3 cm³/mol. The summed E-state index contributed by atoms with van der Waals surface area (Å²) in [4.78, 5) is -0.266. The molecule has 0 bridgehead atoms. The Bertz CT molecular complexity index is 484. The van der Waals surface area contributed by atoms with Gasteiger partial charge < -0.3 is 0 Å². The Kier molecular flexibility index (Phi) is 4.06. The molecule has 8 heteroatoms. The molecular formula is C9H9ClF3NO2S. The molecular weight excluding hydrogens is 279 g/mol. The molecule has 1 atom stereocenters. The Balaban J connectivity index is 2.94. The van der Waals surface area contributed by atoms with Crippen LogP contribution in [0.15, 0.2) is 29.2 Å². The summed E-state index contributed by atoms with van der Waals surface area (Å²) in [6, 6.07) is 2.69. The SMILES string of the molecule is CC(NS(=O)(=O)c1ccc(Cl)cc1)C(F)(F)F. The van der Waals surface area contributed by atoms with Crippen molar-refractivity contribution in [3.63, 3.8) is 0 Å². The number of sulfonamides is 1. The van der Waals surface area contributed by atoms with E-state index < -0.39 is 22.2 Å². The van der Waals surface area contributed by atoms with E-state index in [1.807, 2.05) is 0 Å². The fourth-order valence-electron chi connectivity index (χ4n) is 0.981.